The summed E-state index contributed by atoms with van der Waals surface area (Å²) in [5.41, 5.74) is 3.94. The third-order valence-corrected chi connectivity index (χ3v) is 5.96. The number of hydrogen-bond donors (Lipinski definition) is 3. The van der Waals surface area contributed by atoms with E-state index in [1.165, 1.54) is 22.7 Å². The average Bonchev–Trinajstić information content (AvgIpc) is 3.37. The zero-order chi connectivity index (χ0) is 23.2. The summed E-state index contributed by atoms with van der Waals surface area (Å²) in [6, 6.07) is 10.1. The van der Waals surface area contributed by atoms with E-state index in [-0.39, 0.29) is 11.7 Å². The first-order valence-electron chi connectivity index (χ1n) is 10.6. The number of aromatic nitrogens is 5. The van der Waals surface area contributed by atoms with Crippen LogP contribution in [0.1, 0.15) is 17.0 Å². The van der Waals surface area contributed by atoms with Gasteiger partial charge in [0, 0.05) is 54.5 Å². The molecule has 1 amide bonds. The molecule has 3 N–H and O–H groups in total. The lowest BCUT2D eigenvalue weighted by molar-refractivity contribution is -0.117. The van der Waals surface area contributed by atoms with E-state index < -0.39 is 0 Å². The van der Waals surface area contributed by atoms with Gasteiger partial charge in [-0.15, -0.1) is 0 Å². The van der Waals surface area contributed by atoms with Crippen molar-refractivity contribution >= 4 is 40.5 Å². The Bertz CT molecular complexity index is 1270. The number of nitrogens with one attached hydrogen (secondary N) is 3. The van der Waals surface area contributed by atoms with Gasteiger partial charge in [-0.05, 0) is 38.0 Å². The molecule has 0 fully saturated rings. The fraction of sp³-hybridized carbons (Fsp3) is 0.261. The topological polar surface area (TPSA) is 113 Å². The lowest BCUT2D eigenvalue weighted by Gasteiger charge is -2.11. The highest BCUT2D eigenvalue weighted by atomic mass is 32.2. The van der Waals surface area contributed by atoms with Gasteiger partial charge in [0.15, 0.2) is 5.16 Å². The molecule has 10 heteroatoms. The van der Waals surface area contributed by atoms with Crippen molar-refractivity contribution < 1.29 is 4.79 Å². The van der Waals surface area contributed by atoms with Crippen molar-refractivity contribution in [1.29, 1.82) is 0 Å². The number of aliphatic imine (C=N–C) groups is 1. The van der Waals surface area contributed by atoms with Gasteiger partial charge in [0.05, 0.1) is 5.75 Å². The summed E-state index contributed by atoms with van der Waals surface area (Å²) in [5, 5.41) is 7.88. The number of carbonyl (C=O) groups is 1. The molecule has 0 saturated carbocycles. The number of carbonyl (C=O) groups excluding carboxylic acids is 1. The molecule has 1 aromatic carbocycles. The summed E-state index contributed by atoms with van der Waals surface area (Å²) >= 11 is 1.36. The molecule has 9 nitrogen and oxygen atoms in total. The Morgan fingerprint density at radius 1 is 1.21 bits per heavy atom. The molecule has 0 atom stereocenters. The van der Waals surface area contributed by atoms with Crippen LogP contribution in [0.5, 0.6) is 0 Å². The van der Waals surface area contributed by atoms with Crippen LogP contribution in [0.25, 0.3) is 10.9 Å². The number of anilines is 1. The Kier molecular flexibility index (Phi) is 7.04. The van der Waals surface area contributed by atoms with Gasteiger partial charge in [0.25, 0.3) is 0 Å². The van der Waals surface area contributed by atoms with Gasteiger partial charge in [-0.3, -0.25) is 20.4 Å². The summed E-state index contributed by atoms with van der Waals surface area (Å²) in [7, 11) is 1.89. The van der Waals surface area contributed by atoms with E-state index in [2.05, 4.69) is 41.6 Å². The number of amides is 1. The maximum Gasteiger partial charge on any atom is 0.237 e. The molecular weight excluding hydrogens is 436 g/mol. The monoisotopic (exact) mass is 462 g/mol. The number of benzene rings is 1. The summed E-state index contributed by atoms with van der Waals surface area (Å²) in [6.07, 6.45) is 6.27. The van der Waals surface area contributed by atoms with E-state index >= 15 is 0 Å². The second kappa shape index (κ2) is 10.3. The minimum Gasteiger partial charge on any atom is -0.361 e. The van der Waals surface area contributed by atoms with Crippen molar-refractivity contribution in [2.45, 2.75) is 25.4 Å². The van der Waals surface area contributed by atoms with E-state index in [0.717, 1.165) is 28.5 Å². The first kappa shape index (κ1) is 22.5. The molecule has 0 aliphatic carbocycles. The average molecular weight is 463 g/mol. The van der Waals surface area contributed by atoms with Crippen LogP contribution in [0, 0.1) is 13.8 Å². The molecule has 3 aromatic heterocycles. The number of imidazole rings is 1. The largest absolute Gasteiger partial charge is 0.361 e. The molecule has 0 saturated heterocycles. The van der Waals surface area contributed by atoms with Gasteiger partial charge < -0.3 is 9.55 Å². The third kappa shape index (κ3) is 5.98. The van der Waals surface area contributed by atoms with Crippen molar-refractivity contribution in [2.24, 2.45) is 12.0 Å². The van der Waals surface area contributed by atoms with Crippen LogP contribution in [0.3, 0.4) is 0 Å². The standard InChI is InChI=1S/C23H26N8OS/c1-15-12-16(2)28-22(27-15)30-21(29-20(32)14-33-23-25-10-11-31(23)3)24-9-8-17-13-26-19-7-5-4-6-18(17)19/h4-7,10-13,26H,8-9,14H2,1-3H3,(H2,24,27,28,29,30,32). The molecule has 170 valence electrons. The molecule has 33 heavy (non-hydrogen) atoms. The van der Waals surface area contributed by atoms with Gasteiger partial charge >= 0.3 is 0 Å². The number of para-hydroxylation sites is 1. The smallest absolute Gasteiger partial charge is 0.237 e. The number of aromatic amines is 1. The number of rotatable bonds is 7. The van der Waals surface area contributed by atoms with E-state index in [1.807, 2.05) is 62.1 Å². The van der Waals surface area contributed by atoms with Crippen LogP contribution >= 0.6 is 11.8 Å². The Hall–Kier alpha value is -3.66. The van der Waals surface area contributed by atoms with E-state index in [4.69, 9.17) is 0 Å². The van der Waals surface area contributed by atoms with Crippen LogP contribution in [0.4, 0.5) is 5.95 Å². The van der Waals surface area contributed by atoms with Crippen LogP contribution in [0.15, 0.2) is 59.1 Å². The number of nitrogens with zero attached hydrogens (tertiary/aromatic N) is 5. The van der Waals surface area contributed by atoms with Gasteiger partial charge in [-0.25, -0.2) is 15.0 Å². The molecule has 0 bridgehead atoms. The Morgan fingerprint density at radius 3 is 2.76 bits per heavy atom. The molecule has 4 rings (SSSR count). The Balaban J connectivity index is 1.46. The SMILES string of the molecule is Cc1cc(C)nc(NC(=NCCc2c[nH]c3ccccc23)NC(=O)CSc2nccn2C)n1. The highest BCUT2D eigenvalue weighted by Gasteiger charge is 2.11. The maximum atomic E-state index is 12.6. The zero-order valence-electron chi connectivity index (χ0n) is 18.8. The van der Waals surface area contributed by atoms with Crippen LogP contribution in [0.2, 0.25) is 0 Å². The summed E-state index contributed by atoms with van der Waals surface area (Å²) in [6.45, 7) is 4.29. The van der Waals surface area contributed by atoms with Crippen molar-refractivity contribution in [1.82, 2.24) is 29.8 Å². The summed E-state index contributed by atoms with van der Waals surface area (Å²) in [4.78, 5) is 33.5. The molecular formula is C23H26N8OS. The number of guanidine groups is 1. The van der Waals surface area contributed by atoms with E-state index in [9.17, 15) is 4.79 Å². The fourth-order valence-electron chi connectivity index (χ4n) is 3.41. The first-order valence-corrected chi connectivity index (χ1v) is 11.6. The number of fused-ring (bicyclic) bond motifs is 1. The van der Waals surface area contributed by atoms with Gasteiger partial charge in [0.2, 0.25) is 17.8 Å². The second-order valence-corrected chi connectivity index (χ2v) is 8.54. The highest BCUT2D eigenvalue weighted by molar-refractivity contribution is 7.99. The van der Waals surface area contributed by atoms with E-state index in [0.29, 0.717) is 18.5 Å². The van der Waals surface area contributed by atoms with Crippen molar-refractivity contribution in [3.05, 3.63) is 65.9 Å². The number of hydrogen-bond acceptors (Lipinski definition) is 6. The molecule has 0 radical (unpaired) electrons. The van der Waals surface area contributed by atoms with Crippen molar-refractivity contribution in [3.63, 3.8) is 0 Å². The molecule has 0 aliphatic rings. The molecule has 0 spiro atoms. The molecule has 0 unspecified atom stereocenters. The number of aryl methyl sites for hydroxylation is 3. The zero-order valence-corrected chi connectivity index (χ0v) is 19.6. The normalized spacial score (nSPS) is 11.7. The van der Waals surface area contributed by atoms with Gasteiger partial charge in [-0.2, -0.15) is 0 Å². The predicted octanol–water partition coefficient (Wildman–Crippen LogP) is 3.23. The van der Waals surface area contributed by atoms with Crippen LogP contribution < -0.4 is 10.6 Å². The van der Waals surface area contributed by atoms with Crippen molar-refractivity contribution in [3.8, 4) is 0 Å². The number of H-pyrrole nitrogens is 1. The Morgan fingerprint density at radius 2 is 2.00 bits per heavy atom. The minimum absolute atomic E-state index is 0.189. The van der Waals surface area contributed by atoms with Gasteiger partial charge in [-0.1, -0.05) is 30.0 Å². The van der Waals surface area contributed by atoms with Crippen LogP contribution in [-0.2, 0) is 18.3 Å². The fourth-order valence-corrected chi connectivity index (χ4v) is 4.15. The lowest BCUT2D eigenvalue weighted by Crippen LogP contribution is -2.38. The predicted molar refractivity (Wildman–Crippen MR) is 132 cm³/mol. The quantitative estimate of drug-likeness (QED) is 0.221. The third-order valence-electron chi connectivity index (χ3n) is 4.91. The maximum absolute atomic E-state index is 12.6. The molecule has 0 aliphatic heterocycles. The summed E-state index contributed by atoms with van der Waals surface area (Å²) in [5.74, 6) is 0.744. The second-order valence-electron chi connectivity index (χ2n) is 7.60. The summed E-state index contributed by atoms with van der Waals surface area (Å²) < 4.78 is 1.87. The molecule has 3 heterocycles. The van der Waals surface area contributed by atoms with E-state index in [1.54, 1.807) is 6.20 Å². The lowest BCUT2D eigenvalue weighted by atomic mass is 10.1. The number of thioether (sulfide) groups is 1. The Labute approximate surface area is 196 Å². The van der Waals surface area contributed by atoms with Gasteiger partial charge in [0.1, 0.15) is 0 Å². The first-order chi connectivity index (χ1) is 16.0. The minimum atomic E-state index is -0.189. The molecule has 4 aromatic rings. The van der Waals surface area contributed by atoms with Crippen molar-refractivity contribution in [2.75, 3.05) is 17.6 Å². The van der Waals surface area contributed by atoms with Crippen LogP contribution in [-0.4, -0.2) is 48.7 Å². The highest BCUT2D eigenvalue weighted by Crippen LogP contribution is 2.18.